The molecule has 0 bridgehead atoms. The van der Waals surface area contributed by atoms with Crippen LogP contribution in [0, 0.1) is 11.2 Å². The van der Waals surface area contributed by atoms with E-state index >= 15 is 0 Å². The Morgan fingerprint density at radius 2 is 1.83 bits per heavy atom. The molecule has 1 atom stereocenters. The van der Waals surface area contributed by atoms with E-state index in [-0.39, 0.29) is 21.9 Å². The van der Waals surface area contributed by atoms with Crippen LogP contribution in [0.25, 0.3) is 0 Å². The number of amides is 2. The third kappa shape index (κ3) is 4.46. The van der Waals surface area contributed by atoms with Crippen LogP contribution >= 0.6 is 11.6 Å². The molecule has 1 spiro atoms. The maximum absolute atomic E-state index is 13.6. The van der Waals surface area contributed by atoms with Crippen LogP contribution in [0.1, 0.15) is 52.0 Å². The van der Waals surface area contributed by atoms with Gasteiger partial charge in [0, 0.05) is 28.9 Å². The van der Waals surface area contributed by atoms with Crippen molar-refractivity contribution in [2.45, 2.75) is 32.1 Å². The van der Waals surface area contributed by atoms with Crippen LogP contribution < -0.4 is 10.2 Å². The van der Waals surface area contributed by atoms with E-state index in [9.17, 15) is 19.2 Å². The Hall–Kier alpha value is -3.71. The van der Waals surface area contributed by atoms with E-state index in [1.165, 1.54) is 12.1 Å². The fourth-order valence-electron chi connectivity index (χ4n) is 5.38. The van der Waals surface area contributed by atoms with Gasteiger partial charge in [-0.05, 0) is 86.2 Å². The lowest BCUT2D eigenvalue weighted by atomic mass is 9.76. The molecule has 1 aliphatic carbocycles. The maximum Gasteiger partial charge on any atom is 0.258 e. The Kier molecular flexibility index (Phi) is 6.49. The highest BCUT2D eigenvalue weighted by Gasteiger charge is 2.43. The second-order valence-corrected chi connectivity index (χ2v) is 9.76. The first kappa shape index (κ1) is 24.0. The van der Waals surface area contributed by atoms with Gasteiger partial charge in [0.2, 0.25) is 0 Å². The summed E-state index contributed by atoms with van der Waals surface area (Å²) in [7, 11) is 0. The van der Waals surface area contributed by atoms with Crippen LogP contribution in [0.15, 0.2) is 71.9 Å². The third-order valence-electron chi connectivity index (χ3n) is 7.23. The Morgan fingerprint density at radius 1 is 1.06 bits per heavy atom. The molecular formula is C28H25ClFN3O3. The van der Waals surface area contributed by atoms with Crippen LogP contribution in [-0.2, 0) is 6.42 Å². The van der Waals surface area contributed by atoms with Crippen molar-refractivity contribution in [3.8, 4) is 0 Å². The zero-order valence-corrected chi connectivity index (χ0v) is 20.3. The van der Waals surface area contributed by atoms with Gasteiger partial charge in [-0.3, -0.25) is 9.59 Å². The predicted molar refractivity (Wildman–Crippen MR) is 138 cm³/mol. The number of anilines is 2. The van der Waals surface area contributed by atoms with Crippen molar-refractivity contribution >= 4 is 40.5 Å². The van der Waals surface area contributed by atoms with Crippen LogP contribution in [0.4, 0.5) is 15.8 Å². The van der Waals surface area contributed by atoms with E-state index in [0.29, 0.717) is 17.8 Å². The number of para-hydroxylation sites is 1. The first-order valence-electron chi connectivity index (χ1n) is 11.9. The van der Waals surface area contributed by atoms with Crippen molar-refractivity contribution in [1.82, 2.24) is 0 Å². The average molecular weight is 506 g/mol. The quantitative estimate of drug-likeness (QED) is 0.322. The zero-order chi connectivity index (χ0) is 25.3. The van der Waals surface area contributed by atoms with Gasteiger partial charge in [-0.25, -0.2) is 4.39 Å². The lowest BCUT2D eigenvalue weighted by Crippen LogP contribution is -2.35. The van der Waals surface area contributed by atoms with E-state index in [0.717, 1.165) is 55.1 Å². The summed E-state index contributed by atoms with van der Waals surface area (Å²) in [5.74, 6) is -1.24. The highest BCUT2D eigenvalue weighted by molar-refractivity contribution is 6.34. The predicted octanol–water partition coefficient (Wildman–Crippen LogP) is 6.32. The van der Waals surface area contributed by atoms with Crippen molar-refractivity contribution in [2.24, 2.45) is 10.6 Å². The molecule has 2 aliphatic rings. The van der Waals surface area contributed by atoms with Crippen molar-refractivity contribution in [3.63, 3.8) is 0 Å². The molecule has 1 heterocycles. The van der Waals surface area contributed by atoms with Crippen LogP contribution in [0.3, 0.4) is 0 Å². The van der Waals surface area contributed by atoms with Gasteiger partial charge >= 0.3 is 0 Å². The average Bonchev–Trinajstić information content (AvgIpc) is 3.20. The normalized spacial score (nSPS) is 20.3. The van der Waals surface area contributed by atoms with Crippen molar-refractivity contribution < 1.29 is 19.2 Å². The van der Waals surface area contributed by atoms with Crippen LogP contribution in [0.2, 0.25) is 5.02 Å². The van der Waals surface area contributed by atoms with Crippen LogP contribution in [0.5, 0.6) is 0 Å². The van der Waals surface area contributed by atoms with Crippen molar-refractivity contribution in [1.29, 1.82) is 0 Å². The molecule has 0 saturated heterocycles. The number of nitrogens with zero attached hydrogens (tertiary/aromatic N) is 2. The van der Waals surface area contributed by atoms with E-state index in [1.807, 2.05) is 24.3 Å². The van der Waals surface area contributed by atoms with E-state index < -0.39 is 11.7 Å². The number of hydrogen-bond acceptors (Lipinski definition) is 4. The van der Waals surface area contributed by atoms with E-state index in [2.05, 4.69) is 10.5 Å². The summed E-state index contributed by atoms with van der Waals surface area (Å²) < 4.78 is 13.5. The molecule has 0 radical (unpaired) electrons. The number of benzene rings is 3. The maximum atomic E-state index is 13.6. The lowest BCUT2D eigenvalue weighted by Gasteiger charge is -2.28. The minimum absolute atomic E-state index is 0.0321. The minimum atomic E-state index is -0.556. The van der Waals surface area contributed by atoms with Gasteiger partial charge in [0.15, 0.2) is 0 Å². The largest absolute Gasteiger partial charge is 0.411 e. The molecule has 0 unspecified atom stereocenters. The smallest absolute Gasteiger partial charge is 0.258 e. The molecule has 1 fully saturated rings. The molecule has 0 aromatic heterocycles. The fraction of sp³-hybridized carbons (Fsp3) is 0.250. The number of carbonyl (C=O) groups is 2. The topological polar surface area (TPSA) is 82.0 Å². The highest BCUT2D eigenvalue weighted by atomic mass is 35.5. The van der Waals surface area contributed by atoms with Crippen LogP contribution in [-0.4, -0.2) is 29.3 Å². The Morgan fingerprint density at radius 3 is 2.61 bits per heavy atom. The summed E-state index contributed by atoms with van der Waals surface area (Å²) >= 11 is 6.03. The Balaban J connectivity index is 1.37. The number of oxime groups is 1. The number of rotatable bonds is 3. The molecule has 2 N–H and O–H groups in total. The third-order valence-corrected chi connectivity index (χ3v) is 7.56. The standard InChI is InChI=1S/C28H25ClFN3O3/c29-23-12-9-20(30)16-22(23)26(34)31-21-10-7-18(8-11-21)27(35)33-15-14-28(13-3-6-25(28)32-36)17-19-4-1-2-5-24(19)33/h1-2,4-5,7-12,16,36H,3,6,13-15,17H2,(H,31,34)/t28-/m1/s1. The summed E-state index contributed by atoms with van der Waals surface area (Å²) in [6.07, 6.45) is 4.14. The van der Waals surface area contributed by atoms with Gasteiger partial charge in [0.05, 0.1) is 16.3 Å². The second-order valence-electron chi connectivity index (χ2n) is 9.35. The Labute approximate surface area is 213 Å². The number of hydrogen-bond donors (Lipinski definition) is 2. The van der Waals surface area contributed by atoms with Gasteiger partial charge in [-0.15, -0.1) is 0 Å². The molecule has 3 aromatic rings. The number of nitrogens with one attached hydrogen (secondary N) is 1. The van der Waals surface area contributed by atoms with Crippen molar-refractivity contribution in [2.75, 3.05) is 16.8 Å². The summed E-state index contributed by atoms with van der Waals surface area (Å²) in [5.41, 5.74) is 3.48. The van der Waals surface area contributed by atoms with Gasteiger partial charge in [0.25, 0.3) is 11.8 Å². The summed E-state index contributed by atoms with van der Waals surface area (Å²) in [6, 6.07) is 18.1. The first-order valence-corrected chi connectivity index (χ1v) is 12.3. The Bertz CT molecular complexity index is 1360. The minimum Gasteiger partial charge on any atom is -0.411 e. The van der Waals surface area contributed by atoms with Crippen molar-refractivity contribution in [3.05, 3.63) is 94.3 Å². The highest BCUT2D eigenvalue weighted by Crippen LogP contribution is 2.46. The summed E-state index contributed by atoms with van der Waals surface area (Å²) in [6.45, 7) is 0.505. The summed E-state index contributed by atoms with van der Waals surface area (Å²) in [4.78, 5) is 27.9. The zero-order valence-electron chi connectivity index (χ0n) is 19.5. The first-order chi connectivity index (χ1) is 17.4. The molecule has 6 nitrogen and oxygen atoms in total. The molecule has 1 aliphatic heterocycles. The number of halogens is 2. The molecular weight excluding hydrogens is 481 g/mol. The number of carbonyl (C=O) groups excluding carboxylic acids is 2. The lowest BCUT2D eigenvalue weighted by molar-refractivity contribution is 0.0984. The molecule has 36 heavy (non-hydrogen) atoms. The molecule has 8 heteroatoms. The SMILES string of the molecule is O=C(Nc1ccc(C(=O)N2CC[C@]3(CCCC3=NO)Cc3ccccc32)cc1)c1cc(F)ccc1Cl. The molecule has 184 valence electrons. The van der Waals surface area contributed by atoms with Gasteiger partial charge in [-0.1, -0.05) is 35.0 Å². The van der Waals surface area contributed by atoms with Gasteiger partial charge in [0.1, 0.15) is 5.82 Å². The second kappa shape index (κ2) is 9.74. The number of fused-ring (bicyclic) bond motifs is 1. The summed E-state index contributed by atoms with van der Waals surface area (Å²) in [5, 5.41) is 16.1. The van der Waals surface area contributed by atoms with E-state index in [4.69, 9.17) is 11.6 Å². The monoisotopic (exact) mass is 505 g/mol. The molecule has 1 saturated carbocycles. The molecule has 3 aromatic carbocycles. The molecule has 5 rings (SSSR count). The fourth-order valence-corrected chi connectivity index (χ4v) is 5.58. The van der Waals surface area contributed by atoms with Gasteiger partial charge in [-0.2, -0.15) is 0 Å². The van der Waals surface area contributed by atoms with Gasteiger partial charge < -0.3 is 15.4 Å². The molecule has 2 amide bonds. The van der Waals surface area contributed by atoms with E-state index in [1.54, 1.807) is 29.2 Å².